The van der Waals surface area contributed by atoms with Crippen LogP contribution in [-0.4, -0.2) is 25.0 Å². The monoisotopic (exact) mass is 210 g/mol. The highest BCUT2D eigenvalue weighted by molar-refractivity contribution is 5.83. The van der Waals surface area contributed by atoms with Crippen molar-refractivity contribution in [3.05, 3.63) is 0 Å². The van der Waals surface area contributed by atoms with E-state index < -0.39 is 0 Å². The molecule has 0 aromatic heterocycles. The maximum absolute atomic E-state index is 12.0. The molecular formula is C12H22N2O. The van der Waals surface area contributed by atoms with Gasteiger partial charge in [0.2, 0.25) is 5.91 Å². The van der Waals surface area contributed by atoms with Crippen molar-refractivity contribution in [1.29, 1.82) is 0 Å². The number of carbonyl (C=O) groups excluding carboxylic acids is 1. The van der Waals surface area contributed by atoms with E-state index in [-0.39, 0.29) is 11.3 Å². The van der Waals surface area contributed by atoms with Gasteiger partial charge in [-0.1, -0.05) is 20.3 Å². The van der Waals surface area contributed by atoms with Crippen molar-refractivity contribution in [2.45, 2.75) is 45.6 Å². The number of amides is 1. The second-order valence-corrected chi connectivity index (χ2v) is 5.46. The van der Waals surface area contributed by atoms with E-state index in [1.54, 1.807) is 0 Å². The van der Waals surface area contributed by atoms with E-state index in [9.17, 15) is 4.79 Å². The summed E-state index contributed by atoms with van der Waals surface area (Å²) < 4.78 is 0. The molecule has 3 nitrogen and oxygen atoms in total. The summed E-state index contributed by atoms with van der Waals surface area (Å²) in [5, 5.41) is 6.55. The molecule has 2 aliphatic rings. The molecule has 2 fully saturated rings. The first-order valence-electron chi connectivity index (χ1n) is 6.13. The Morgan fingerprint density at radius 1 is 1.47 bits per heavy atom. The first-order valence-corrected chi connectivity index (χ1v) is 6.13. The molecule has 2 rings (SSSR count). The maximum atomic E-state index is 12.0. The molecule has 0 aromatic rings. The predicted molar refractivity (Wildman–Crippen MR) is 60.5 cm³/mol. The summed E-state index contributed by atoms with van der Waals surface area (Å²) in [5.41, 5.74) is -0.0584. The van der Waals surface area contributed by atoms with E-state index in [1.165, 1.54) is 12.8 Å². The quantitative estimate of drug-likeness (QED) is 0.721. The summed E-state index contributed by atoms with van der Waals surface area (Å²) >= 11 is 0. The second-order valence-electron chi connectivity index (χ2n) is 5.46. The number of carbonyl (C=O) groups is 1. The van der Waals surface area contributed by atoms with Crippen LogP contribution in [0.25, 0.3) is 0 Å². The molecule has 1 saturated carbocycles. The Balaban J connectivity index is 1.87. The van der Waals surface area contributed by atoms with Gasteiger partial charge in [-0.2, -0.15) is 0 Å². The van der Waals surface area contributed by atoms with Crippen LogP contribution >= 0.6 is 0 Å². The molecule has 0 radical (unpaired) electrons. The summed E-state index contributed by atoms with van der Waals surface area (Å²) in [6, 6.07) is 0.337. The average molecular weight is 210 g/mol. The van der Waals surface area contributed by atoms with Gasteiger partial charge in [0.1, 0.15) is 0 Å². The van der Waals surface area contributed by atoms with E-state index in [2.05, 4.69) is 24.5 Å². The Bertz CT molecular complexity index is 248. The minimum absolute atomic E-state index is 0.0584. The van der Waals surface area contributed by atoms with Gasteiger partial charge in [0.25, 0.3) is 0 Å². The highest BCUT2D eigenvalue weighted by Gasteiger charge is 2.40. The molecule has 1 saturated heterocycles. The van der Waals surface area contributed by atoms with Crippen molar-refractivity contribution in [2.24, 2.45) is 11.3 Å². The van der Waals surface area contributed by atoms with Gasteiger partial charge in [0.05, 0.1) is 0 Å². The fourth-order valence-corrected chi connectivity index (χ4v) is 2.46. The zero-order valence-electron chi connectivity index (χ0n) is 9.81. The Labute approximate surface area is 92.0 Å². The van der Waals surface area contributed by atoms with Gasteiger partial charge in [0, 0.05) is 18.0 Å². The minimum Gasteiger partial charge on any atom is -0.351 e. The van der Waals surface area contributed by atoms with E-state index in [0.717, 1.165) is 25.9 Å². The third kappa shape index (κ3) is 2.17. The molecule has 1 aliphatic carbocycles. The lowest BCUT2D eigenvalue weighted by molar-refractivity contribution is -0.135. The van der Waals surface area contributed by atoms with Crippen molar-refractivity contribution in [1.82, 2.24) is 10.6 Å². The van der Waals surface area contributed by atoms with Gasteiger partial charge in [-0.3, -0.25) is 4.79 Å². The summed E-state index contributed by atoms with van der Waals surface area (Å²) in [7, 11) is 0. The molecule has 0 spiro atoms. The van der Waals surface area contributed by atoms with Gasteiger partial charge >= 0.3 is 0 Å². The lowest BCUT2D eigenvalue weighted by Crippen LogP contribution is -2.54. The van der Waals surface area contributed by atoms with Crippen molar-refractivity contribution >= 4 is 5.91 Å². The molecule has 0 aromatic carbocycles. The topological polar surface area (TPSA) is 41.1 Å². The van der Waals surface area contributed by atoms with E-state index in [0.29, 0.717) is 12.0 Å². The van der Waals surface area contributed by atoms with Crippen LogP contribution in [0, 0.1) is 11.3 Å². The fraction of sp³-hybridized carbons (Fsp3) is 0.917. The third-order valence-electron chi connectivity index (χ3n) is 4.15. The van der Waals surface area contributed by atoms with Crippen LogP contribution < -0.4 is 10.6 Å². The standard InChI is InChI=1S/C12H22N2O/c1-9-4-7-13-8-10(9)14-11(15)12(2)5-3-6-12/h9-10,13H,3-8H2,1-2H3,(H,14,15). The van der Waals surface area contributed by atoms with E-state index in [1.807, 2.05) is 0 Å². The van der Waals surface area contributed by atoms with Crippen molar-refractivity contribution in [3.63, 3.8) is 0 Å². The SMILES string of the molecule is CC1CCNCC1NC(=O)C1(C)CCC1. The van der Waals surface area contributed by atoms with Crippen molar-refractivity contribution < 1.29 is 4.79 Å². The number of nitrogens with one attached hydrogen (secondary N) is 2. The zero-order chi connectivity index (χ0) is 10.9. The number of hydrogen-bond donors (Lipinski definition) is 2. The Morgan fingerprint density at radius 2 is 2.20 bits per heavy atom. The molecule has 1 heterocycles. The maximum Gasteiger partial charge on any atom is 0.226 e. The summed E-state index contributed by atoms with van der Waals surface area (Å²) in [6.45, 7) is 6.34. The Kier molecular flexibility index (Phi) is 3.01. The molecule has 1 amide bonds. The second kappa shape index (κ2) is 4.12. The number of rotatable bonds is 2. The van der Waals surface area contributed by atoms with E-state index in [4.69, 9.17) is 0 Å². The van der Waals surface area contributed by atoms with Gasteiger partial charge in [-0.05, 0) is 31.7 Å². The fourth-order valence-electron chi connectivity index (χ4n) is 2.46. The Morgan fingerprint density at radius 3 is 2.73 bits per heavy atom. The lowest BCUT2D eigenvalue weighted by Gasteiger charge is -2.39. The van der Waals surface area contributed by atoms with Crippen molar-refractivity contribution in [3.8, 4) is 0 Å². The van der Waals surface area contributed by atoms with Gasteiger partial charge < -0.3 is 10.6 Å². The smallest absolute Gasteiger partial charge is 0.226 e. The predicted octanol–water partition coefficient (Wildman–Crippen LogP) is 1.29. The molecular weight excluding hydrogens is 188 g/mol. The third-order valence-corrected chi connectivity index (χ3v) is 4.15. The first kappa shape index (κ1) is 10.9. The van der Waals surface area contributed by atoms with Gasteiger partial charge in [-0.15, -0.1) is 0 Å². The molecule has 86 valence electrons. The number of piperidine rings is 1. The number of hydrogen-bond acceptors (Lipinski definition) is 2. The van der Waals surface area contributed by atoms with Crippen LogP contribution in [0.4, 0.5) is 0 Å². The van der Waals surface area contributed by atoms with Crippen LogP contribution in [0.5, 0.6) is 0 Å². The normalized spacial score (nSPS) is 34.3. The highest BCUT2D eigenvalue weighted by Crippen LogP contribution is 2.40. The summed E-state index contributed by atoms with van der Waals surface area (Å²) in [4.78, 5) is 12.0. The van der Waals surface area contributed by atoms with Gasteiger partial charge in [-0.25, -0.2) is 0 Å². The van der Waals surface area contributed by atoms with Gasteiger partial charge in [0.15, 0.2) is 0 Å². The molecule has 2 atom stereocenters. The van der Waals surface area contributed by atoms with Crippen molar-refractivity contribution in [2.75, 3.05) is 13.1 Å². The molecule has 0 bridgehead atoms. The van der Waals surface area contributed by atoms with Crippen LogP contribution in [-0.2, 0) is 4.79 Å². The molecule has 2 unspecified atom stereocenters. The molecule has 3 heteroatoms. The average Bonchev–Trinajstić information content (AvgIpc) is 2.18. The molecule has 2 N–H and O–H groups in total. The Hall–Kier alpha value is -0.570. The zero-order valence-corrected chi connectivity index (χ0v) is 9.81. The summed E-state index contributed by atoms with van der Waals surface area (Å²) in [6.07, 6.45) is 4.50. The van der Waals surface area contributed by atoms with Crippen LogP contribution in [0.2, 0.25) is 0 Å². The van der Waals surface area contributed by atoms with Crippen LogP contribution in [0.3, 0.4) is 0 Å². The largest absolute Gasteiger partial charge is 0.351 e. The molecule has 1 aliphatic heterocycles. The van der Waals surface area contributed by atoms with Crippen LogP contribution in [0.15, 0.2) is 0 Å². The highest BCUT2D eigenvalue weighted by atomic mass is 16.2. The van der Waals surface area contributed by atoms with E-state index >= 15 is 0 Å². The molecule has 15 heavy (non-hydrogen) atoms. The van der Waals surface area contributed by atoms with Crippen LogP contribution in [0.1, 0.15) is 39.5 Å². The minimum atomic E-state index is -0.0584. The lowest BCUT2D eigenvalue weighted by atomic mass is 9.69. The summed E-state index contributed by atoms with van der Waals surface area (Å²) in [5.74, 6) is 0.883. The first-order chi connectivity index (χ1) is 7.12.